The maximum atomic E-state index is 12.2. The minimum Gasteiger partial charge on any atom is -0.354 e. The van der Waals surface area contributed by atoms with Crippen molar-refractivity contribution in [2.75, 3.05) is 27.2 Å². The molecule has 1 aromatic carbocycles. The zero-order chi connectivity index (χ0) is 20.1. The number of benzene rings is 1. The number of sulfonamides is 1. The highest BCUT2D eigenvalue weighted by Crippen LogP contribution is 2.23. The van der Waals surface area contributed by atoms with E-state index in [9.17, 15) is 13.2 Å². The minimum absolute atomic E-state index is 0.0315. The molecule has 2 N–H and O–H groups in total. The number of nitrogens with zero attached hydrogens (tertiary/aromatic N) is 2. The van der Waals surface area contributed by atoms with E-state index in [2.05, 4.69) is 26.0 Å². The van der Waals surface area contributed by atoms with Gasteiger partial charge in [0.15, 0.2) is 0 Å². The van der Waals surface area contributed by atoms with Crippen LogP contribution in [-0.4, -0.2) is 52.2 Å². The highest BCUT2D eigenvalue weighted by atomic mass is 32.2. The number of carbonyl (C=O) groups excluding carboxylic acids is 1. The van der Waals surface area contributed by atoms with Crippen LogP contribution in [0.4, 0.5) is 0 Å². The van der Waals surface area contributed by atoms with Gasteiger partial charge in [-0.15, -0.1) is 11.3 Å². The van der Waals surface area contributed by atoms with Crippen LogP contribution in [0.2, 0.25) is 0 Å². The van der Waals surface area contributed by atoms with Crippen LogP contribution >= 0.6 is 11.3 Å². The summed E-state index contributed by atoms with van der Waals surface area (Å²) in [5.41, 5.74) is 0.580. The number of nitrogens with one attached hydrogen (secondary N) is 2. The molecule has 0 unspecified atom stereocenters. The molecule has 1 amide bonds. The summed E-state index contributed by atoms with van der Waals surface area (Å²) in [6.45, 7) is 0.926. The highest BCUT2D eigenvalue weighted by Gasteiger charge is 2.29. The van der Waals surface area contributed by atoms with Crippen molar-refractivity contribution in [3.63, 3.8) is 0 Å². The van der Waals surface area contributed by atoms with Gasteiger partial charge in [-0.2, -0.15) is 0 Å². The fourth-order valence-electron chi connectivity index (χ4n) is 3.00. The van der Waals surface area contributed by atoms with Crippen LogP contribution in [0.25, 0.3) is 0 Å². The Bertz CT molecular complexity index is 953. The largest absolute Gasteiger partial charge is 0.354 e. The number of fused-ring (bicyclic) bond motifs is 1. The first-order chi connectivity index (χ1) is 13.4. The van der Waals surface area contributed by atoms with Gasteiger partial charge in [0, 0.05) is 30.0 Å². The molecule has 0 aliphatic carbocycles. The van der Waals surface area contributed by atoms with E-state index in [-0.39, 0.29) is 16.8 Å². The van der Waals surface area contributed by atoms with E-state index in [1.54, 1.807) is 35.6 Å². The zero-order valence-electron chi connectivity index (χ0n) is 15.9. The molecule has 28 heavy (non-hydrogen) atoms. The Morgan fingerprint density at radius 3 is 2.75 bits per heavy atom. The number of hydrogen-bond donors (Lipinski definition) is 2. The normalized spacial score (nSPS) is 17.3. The SMILES string of the molecule is CN(C)[C@H](CNC(=O)CCCN=C1NS(=O)(=O)c2ccccc21)c1cccs1. The predicted molar refractivity (Wildman–Crippen MR) is 111 cm³/mol. The van der Waals surface area contributed by atoms with E-state index in [0.717, 1.165) is 0 Å². The number of amides is 1. The third-order valence-electron chi connectivity index (χ3n) is 4.48. The average molecular weight is 421 g/mol. The quantitative estimate of drug-likeness (QED) is 0.639. The van der Waals surface area contributed by atoms with Gasteiger partial charge in [-0.1, -0.05) is 18.2 Å². The summed E-state index contributed by atoms with van der Waals surface area (Å²) in [7, 11) is 0.467. The van der Waals surface area contributed by atoms with Gasteiger partial charge in [0.2, 0.25) is 5.91 Å². The van der Waals surface area contributed by atoms with Gasteiger partial charge in [-0.25, -0.2) is 8.42 Å². The van der Waals surface area contributed by atoms with Crippen molar-refractivity contribution in [3.8, 4) is 0 Å². The van der Waals surface area contributed by atoms with Gasteiger partial charge in [0.05, 0.1) is 10.9 Å². The van der Waals surface area contributed by atoms with Crippen molar-refractivity contribution in [2.24, 2.45) is 4.99 Å². The summed E-state index contributed by atoms with van der Waals surface area (Å²) in [4.78, 5) is 20.0. The van der Waals surface area contributed by atoms with Gasteiger partial charge >= 0.3 is 0 Å². The first-order valence-corrected chi connectivity index (χ1v) is 11.4. The molecule has 1 aliphatic heterocycles. The van der Waals surface area contributed by atoms with Crippen molar-refractivity contribution < 1.29 is 13.2 Å². The second kappa shape index (κ2) is 8.85. The summed E-state index contributed by atoms with van der Waals surface area (Å²) in [5, 5.41) is 5.01. The second-order valence-electron chi connectivity index (χ2n) is 6.73. The summed E-state index contributed by atoms with van der Waals surface area (Å²) < 4.78 is 26.6. The number of rotatable bonds is 8. The first-order valence-electron chi connectivity index (χ1n) is 9.01. The maximum Gasteiger partial charge on any atom is 0.263 e. The van der Waals surface area contributed by atoms with Crippen molar-refractivity contribution in [1.82, 2.24) is 14.9 Å². The summed E-state index contributed by atoms with van der Waals surface area (Å²) in [6.07, 6.45) is 0.890. The molecule has 2 heterocycles. The Labute approximate surface area is 169 Å². The third-order valence-corrected chi connectivity index (χ3v) is 6.85. The van der Waals surface area contributed by atoms with E-state index in [4.69, 9.17) is 0 Å². The van der Waals surface area contributed by atoms with E-state index in [1.165, 1.54) is 4.88 Å². The molecule has 1 atom stereocenters. The molecule has 7 nitrogen and oxygen atoms in total. The van der Waals surface area contributed by atoms with E-state index in [1.807, 2.05) is 25.5 Å². The molecular weight excluding hydrogens is 396 g/mol. The van der Waals surface area contributed by atoms with E-state index < -0.39 is 10.0 Å². The van der Waals surface area contributed by atoms with E-state index >= 15 is 0 Å². The monoisotopic (exact) mass is 420 g/mol. The first kappa shape index (κ1) is 20.5. The lowest BCUT2D eigenvalue weighted by Gasteiger charge is -2.23. The molecular formula is C19H24N4O3S2. The van der Waals surface area contributed by atoms with Crippen LogP contribution in [-0.2, 0) is 14.8 Å². The molecule has 0 saturated heterocycles. The lowest BCUT2D eigenvalue weighted by molar-refractivity contribution is -0.121. The van der Waals surface area contributed by atoms with Crippen molar-refractivity contribution in [2.45, 2.75) is 23.8 Å². The Kier molecular flexibility index (Phi) is 6.48. The molecule has 1 aromatic heterocycles. The van der Waals surface area contributed by atoms with E-state index in [0.29, 0.717) is 37.3 Å². The second-order valence-corrected chi connectivity index (χ2v) is 9.36. The van der Waals surface area contributed by atoms with Crippen LogP contribution in [0.3, 0.4) is 0 Å². The number of likely N-dealkylation sites (N-methyl/N-ethyl adjacent to an activating group) is 1. The summed E-state index contributed by atoms with van der Waals surface area (Å²) in [5.74, 6) is 0.317. The third kappa shape index (κ3) is 4.78. The van der Waals surface area contributed by atoms with Gasteiger partial charge in [-0.3, -0.25) is 14.5 Å². The Morgan fingerprint density at radius 2 is 2.04 bits per heavy atom. The summed E-state index contributed by atoms with van der Waals surface area (Å²) in [6, 6.07) is 11.0. The highest BCUT2D eigenvalue weighted by molar-refractivity contribution is 7.90. The molecule has 0 spiro atoms. The predicted octanol–water partition coefficient (Wildman–Crippen LogP) is 1.99. The molecule has 0 fully saturated rings. The van der Waals surface area contributed by atoms with Crippen LogP contribution < -0.4 is 10.0 Å². The molecule has 0 radical (unpaired) electrons. The van der Waals surface area contributed by atoms with Gasteiger partial charge in [0.25, 0.3) is 10.0 Å². The fraction of sp³-hybridized carbons (Fsp3) is 0.368. The Hall–Kier alpha value is -2.23. The smallest absolute Gasteiger partial charge is 0.263 e. The number of thiophene rings is 1. The molecule has 1 aliphatic rings. The Balaban J connectivity index is 1.48. The number of hydrogen-bond acceptors (Lipinski definition) is 6. The molecule has 3 rings (SSSR count). The van der Waals surface area contributed by atoms with Crippen LogP contribution in [0.5, 0.6) is 0 Å². The van der Waals surface area contributed by atoms with Crippen molar-refractivity contribution in [3.05, 3.63) is 52.2 Å². The number of carbonyl (C=O) groups is 1. The van der Waals surface area contributed by atoms with Gasteiger partial charge in [-0.05, 0) is 44.1 Å². The number of amidine groups is 1. The van der Waals surface area contributed by atoms with Crippen LogP contribution in [0.15, 0.2) is 51.7 Å². The molecule has 0 bridgehead atoms. The van der Waals surface area contributed by atoms with Crippen molar-refractivity contribution in [1.29, 1.82) is 0 Å². The lowest BCUT2D eigenvalue weighted by Crippen LogP contribution is -2.34. The molecule has 0 saturated carbocycles. The topological polar surface area (TPSA) is 90.9 Å². The summed E-state index contributed by atoms with van der Waals surface area (Å²) >= 11 is 1.67. The molecule has 2 aromatic rings. The standard InChI is InChI=1S/C19H24N4O3S2/c1-23(2)15(16-8-6-12-27-16)13-21-18(24)10-5-11-20-19-14-7-3-4-9-17(14)28(25,26)22-19/h3-4,6-9,12,15H,5,10-11,13H2,1-2H3,(H,20,22)(H,21,24)/t15-/m1/s1. The zero-order valence-corrected chi connectivity index (χ0v) is 17.5. The van der Waals surface area contributed by atoms with Gasteiger partial charge in [0.1, 0.15) is 5.84 Å². The fourth-order valence-corrected chi connectivity index (χ4v) is 5.17. The minimum atomic E-state index is -3.52. The van der Waals surface area contributed by atoms with Crippen LogP contribution in [0.1, 0.15) is 29.3 Å². The lowest BCUT2D eigenvalue weighted by atomic mass is 10.2. The number of aliphatic imine (C=N–C) groups is 1. The van der Waals surface area contributed by atoms with Crippen LogP contribution in [0, 0.1) is 0 Å². The Morgan fingerprint density at radius 1 is 1.25 bits per heavy atom. The maximum absolute atomic E-state index is 12.2. The molecule has 9 heteroatoms. The van der Waals surface area contributed by atoms with Crippen molar-refractivity contribution >= 4 is 33.1 Å². The van der Waals surface area contributed by atoms with Gasteiger partial charge < -0.3 is 10.2 Å². The molecule has 150 valence electrons. The average Bonchev–Trinajstić information content (AvgIpc) is 3.26.